The number of hydrogen-bond donors (Lipinski definition) is 1. The van der Waals surface area contributed by atoms with E-state index in [4.69, 9.17) is 17.3 Å². The van der Waals surface area contributed by atoms with Gasteiger partial charge in [-0.1, -0.05) is 11.6 Å². The van der Waals surface area contributed by atoms with Crippen LogP contribution in [0.1, 0.15) is 12.8 Å². The summed E-state index contributed by atoms with van der Waals surface area (Å²) in [5, 5.41) is 0.477. The van der Waals surface area contributed by atoms with E-state index in [-0.39, 0.29) is 5.82 Å². The monoisotopic (exact) mass is 228 g/mol. The molecule has 2 nitrogen and oxygen atoms in total. The van der Waals surface area contributed by atoms with Gasteiger partial charge in [-0.25, -0.2) is 4.39 Å². The Hall–Kier alpha value is -0.800. The van der Waals surface area contributed by atoms with Gasteiger partial charge in [0.15, 0.2) is 0 Å². The van der Waals surface area contributed by atoms with Crippen LogP contribution in [0.2, 0.25) is 5.02 Å². The fourth-order valence-corrected chi connectivity index (χ4v) is 2.16. The van der Waals surface area contributed by atoms with E-state index < -0.39 is 0 Å². The second-order valence-corrected chi connectivity index (χ2v) is 4.33. The molecule has 0 spiro atoms. The predicted molar refractivity (Wildman–Crippen MR) is 60.8 cm³/mol. The minimum atomic E-state index is -0.294. The van der Waals surface area contributed by atoms with Crippen LogP contribution >= 0.6 is 11.6 Å². The molecule has 1 aromatic rings. The van der Waals surface area contributed by atoms with Crippen LogP contribution in [0.5, 0.6) is 0 Å². The Morgan fingerprint density at radius 2 is 2.00 bits per heavy atom. The summed E-state index contributed by atoms with van der Waals surface area (Å²) < 4.78 is 12.9. The lowest BCUT2D eigenvalue weighted by atomic mass is 10.1. The number of piperidine rings is 1. The van der Waals surface area contributed by atoms with Crippen LogP contribution in [-0.2, 0) is 0 Å². The van der Waals surface area contributed by atoms with Gasteiger partial charge in [-0.2, -0.15) is 0 Å². The van der Waals surface area contributed by atoms with Gasteiger partial charge in [0.05, 0.1) is 10.7 Å². The van der Waals surface area contributed by atoms with Crippen molar-refractivity contribution in [1.29, 1.82) is 0 Å². The molecule has 1 saturated heterocycles. The Labute approximate surface area is 93.8 Å². The molecule has 1 aromatic carbocycles. The molecule has 1 fully saturated rings. The Morgan fingerprint density at radius 3 is 2.60 bits per heavy atom. The van der Waals surface area contributed by atoms with Gasteiger partial charge in [0.1, 0.15) is 5.82 Å². The molecule has 4 heteroatoms. The summed E-state index contributed by atoms with van der Waals surface area (Å²) in [5.41, 5.74) is 6.72. The van der Waals surface area contributed by atoms with Gasteiger partial charge >= 0.3 is 0 Å². The number of benzene rings is 1. The molecule has 1 aliphatic heterocycles. The molecule has 0 radical (unpaired) electrons. The van der Waals surface area contributed by atoms with Crippen molar-refractivity contribution in [3.8, 4) is 0 Å². The zero-order chi connectivity index (χ0) is 10.8. The molecule has 0 aliphatic carbocycles. The standard InChI is InChI=1S/C11H14ClFN2/c12-10-7-8(13)1-2-11(10)15-5-3-9(14)4-6-15/h1-2,7,9H,3-6,14H2. The van der Waals surface area contributed by atoms with E-state index in [1.54, 1.807) is 6.07 Å². The summed E-state index contributed by atoms with van der Waals surface area (Å²) in [4.78, 5) is 2.16. The first-order chi connectivity index (χ1) is 7.16. The van der Waals surface area contributed by atoms with Crippen LogP contribution in [0, 0.1) is 5.82 Å². The van der Waals surface area contributed by atoms with E-state index in [2.05, 4.69) is 4.90 Å². The quantitative estimate of drug-likeness (QED) is 0.800. The van der Waals surface area contributed by atoms with E-state index in [0.717, 1.165) is 31.6 Å². The van der Waals surface area contributed by atoms with Gasteiger partial charge in [0.2, 0.25) is 0 Å². The first-order valence-electron chi connectivity index (χ1n) is 5.12. The maximum atomic E-state index is 12.9. The smallest absolute Gasteiger partial charge is 0.124 e. The normalized spacial score (nSPS) is 18.2. The molecular formula is C11H14ClFN2. The lowest BCUT2D eigenvalue weighted by Gasteiger charge is -2.32. The zero-order valence-electron chi connectivity index (χ0n) is 8.42. The van der Waals surface area contributed by atoms with Gasteiger partial charge in [-0.05, 0) is 31.0 Å². The number of halogens is 2. The molecule has 0 atom stereocenters. The maximum absolute atomic E-state index is 12.9. The van der Waals surface area contributed by atoms with Gasteiger partial charge in [-0.3, -0.25) is 0 Å². The van der Waals surface area contributed by atoms with Crippen molar-refractivity contribution in [3.05, 3.63) is 29.0 Å². The highest BCUT2D eigenvalue weighted by molar-refractivity contribution is 6.33. The van der Waals surface area contributed by atoms with Crippen molar-refractivity contribution in [2.45, 2.75) is 18.9 Å². The van der Waals surface area contributed by atoms with Crippen molar-refractivity contribution in [2.24, 2.45) is 5.73 Å². The van der Waals surface area contributed by atoms with Crippen molar-refractivity contribution in [2.75, 3.05) is 18.0 Å². The van der Waals surface area contributed by atoms with Gasteiger partial charge in [0.25, 0.3) is 0 Å². The number of rotatable bonds is 1. The molecule has 0 aromatic heterocycles. The molecular weight excluding hydrogens is 215 g/mol. The van der Waals surface area contributed by atoms with Crippen LogP contribution in [-0.4, -0.2) is 19.1 Å². The highest BCUT2D eigenvalue weighted by atomic mass is 35.5. The number of nitrogens with two attached hydrogens (primary N) is 1. The molecule has 82 valence electrons. The van der Waals surface area contributed by atoms with Crippen molar-refractivity contribution in [1.82, 2.24) is 0 Å². The van der Waals surface area contributed by atoms with Crippen molar-refractivity contribution in [3.63, 3.8) is 0 Å². The Morgan fingerprint density at radius 1 is 1.33 bits per heavy atom. The van der Waals surface area contributed by atoms with Crippen LogP contribution < -0.4 is 10.6 Å². The maximum Gasteiger partial charge on any atom is 0.124 e. The molecule has 0 unspecified atom stereocenters. The van der Waals surface area contributed by atoms with Crippen molar-refractivity contribution >= 4 is 17.3 Å². The fraction of sp³-hybridized carbons (Fsp3) is 0.455. The largest absolute Gasteiger partial charge is 0.370 e. The summed E-state index contributed by atoms with van der Waals surface area (Å²) in [7, 11) is 0. The molecule has 1 heterocycles. The molecule has 15 heavy (non-hydrogen) atoms. The minimum Gasteiger partial charge on any atom is -0.370 e. The predicted octanol–water partition coefficient (Wildman–Crippen LogP) is 2.41. The number of anilines is 1. The third-order valence-corrected chi connectivity index (χ3v) is 3.09. The van der Waals surface area contributed by atoms with E-state index in [0.29, 0.717) is 11.1 Å². The first-order valence-corrected chi connectivity index (χ1v) is 5.50. The number of hydrogen-bond acceptors (Lipinski definition) is 2. The Kier molecular flexibility index (Phi) is 3.12. The molecule has 2 rings (SSSR count). The average Bonchev–Trinajstić information content (AvgIpc) is 2.20. The van der Waals surface area contributed by atoms with Gasteiger partial charge in [-0.15, -0.1) is 0 Å². The summed E-state index contributed by atoms with van der Waals surface area (Å²) in [6, 6.07) is 4.82. The summed E-state index contributed by atoms with van der Waals surface area (Å²) in [6.45, 7) is 1.79. The molecule has 1 aliphatic rings. The van der Waals surface area contributed by atoms with Crippen molar-refractivity contribution < 1.29 is 4.39 Å². The third kappa shape index (κ3) is 2.41. The van der Waals surface area contributed by atoms with Gasteiger partial charge < -0.3 is 10.6 Å². The van der Waals surface area contributed by atoms with Crippen LogP contribution in [0.25, 0.3) is 0 Å². The topological polar surface area (TPSA) is 29.3 Å². The van der Waals surface area contributed by atoms with E-state index in [9.17, 15) is 4.39 Å². The summed E-state index contributed by atoms with van der Waals surface area (Å²) in [5.74, 6) is -0.294. The highest BCUT2D eigenvalue weighted by Gasteiger charge is 2.18. The van der Waals surface area contributed by atoms with Crippen LogP contribution in [0.3, 0.4) is 0 Å². The number of nitrogens with zero attached hydrogens (tertiary/aromatic N) is 1. The van der Waals surface area contributed by atoms with E-state index in [1.807, 2.05) is 0 Å². The fourth-order valence-electron chi connectivity index (χ4n) is 1.88. The minimum absolute atomic E-state index is 0.292. The zero-order valence-corrected chi connectivity index (χ0v) is 9.17. The highest BCUT2D eigenvalue weighted by Crippen LogP contribution is 2.28. The van der Waals surface area contributed by atoms with Gasteiger partial charge in [0, 0.05) is 19.1 Å². The summed E-state index contributed by atoms with van der Waals surface area (Å²) in [6.07, 6.45) is 1.93. The van der Waals surface area contributed by atoms with E-state index in [1.165, 1.54) is 12.1 Å². The lowest BCUT2D eigenvalue weighted by molar-refractivity contribution is 0.501. The SMILES string of the molecule is NC1CCN(c2ccc(F)cc2Cl)CC1. The molecule has 0 bridgehead atoms. The summed E-state index contributed by atoms with van der Waals surface area (Å²) >= 11 is 5.99. The first kappa shape index (κ1) is 10.7. The Bertz CT molecular complexity index is 348. The second kappa shape index (κ2) is 4.37. The third-order valence-electron chi connectivity index (χ3n) is 2.79. The van der Waals surface area contributed by atoms with E-state index >= 15 is 0 Å². The lowest BCUT2D eigenvalue weighted by Crippen LogP contribution is -2.39. The van der Waals surface area contributed by atoms with Crippen LogP contribution in [0.4, 0.5) is 10.1 Å². The Balaban J connectivity index is 2.15. The second-order valence-electron chi connectivity index (χ2n) is 3.92. The molecule has 2 N–H and O–H groups in total. The van der Waals surface area contributed by atoms with Crippen LogP contribution in [0.15, 0.2) is 18.2 Å². The molecule has 0 amide bonds. The molecule has 0 saturated carbocycles. The average molecular weight is 229 g/mol.